The second-order valence-corrected chi connectivity index (χ2v) is 5.20. The lowest BCUT2D eigenvalue weighted by atomic mass is 10.1. The maximum Gasteiger partial charge on any atom is 0.194 e. The molecule has 1 N–H and O–H groups in total. The van der Waals surface area contributed by atoms with E-state index in [9.17, 15) is 17.6 Å². The first kappa shape index (κ1) is 14.8. The molecule has 0 fully saturated rings. The maximum absolute atomic E-state index is 13.7. The summed E-state index contributed by atoms with van der Waals surface area (Å²) in [6.07, 6.45) is 0. The topological polar surface area (TPSA) is 12.0 Å². The highest BCUT2D eigenvalue weighted by Crippen LogP contribution is 2.25. The van der Waals surface area contributed by atoms with E-state index in [1.807, 2.05) is 0 Å². The molecule has 6 heteroatoms. The van der Waals surface area contributed by atoms with Gasteiger partial charge in [0.1, 0.15) is 5.82 Å². The van der Waals surface area contributed by atoms with E-state index >= 15 is 0 Å². The Kier molecular flexibility index (Phi) is 4.32. The van der Waals surface area contributed by atoms with Crippen molar-refractivity contribution in [1.82, 2.24) is 0 Å². The summed E-state index contributed by atoms with van der Waals surface area (Å²) in [5.74, 6) is -4.58. The van der Waals surface area contributed by atoms with Gasteiger partial charge in [-0.3, -0.25) is 0 Å². The Morgan fingerprint density at radius 2 is 1.55 bits per heavy atom. The lowest BCUT2D eigenvalue weighted by molar-refractivity contribution is 0.447. The molecule has 2 rings (SSSR count). The Balaban J connectivity index is 2.25. The minimum Gasteiger partial charge on any atom is -0.378 e. The fraction of sp³-hybridized carbons (Fsp3) is 0.143. The minimum absolute atomic E-state index is 0.0382. The van der Waals surface area contributed by atoms with Crippen molar-refractivity contribution in [3.63, 3.8) is 0 Å². The monoisotopic (exact) mass is 347 g/mol. The molecular formula is C14H10BrF4N. The number of anilines is 1. The number of hydrogen-bond donors (Lipinski definition) is 1. The van der Waals surface area contributed by atoms with E-state index in [0.717, 1.165) is 12.1 Å². The minimum atomic E-state index is -1.53. The van der Waals surface area contributed by atoms with Crippen LogP contribution in [0.2, 0.25) is 0 Å². The van der Waals surface area contributed by atoms with E-state index in [1.54, 1.807) is 19.1 Å². The van der Waals surface area contributed by atoms with Crippen LogP contribution in [0.3, 0.4) is 0 Å². The molecule has 0 heterocycles. The van der Waals surface area contributed by atoms with Gasteiger partial charge in [-0.1, -0.05) is 22.0 Å². The molecule has 1 atom stereocenters. The molecular weight excluding hydrogens is 338 g/mol. The zero-order valence-electron chi connectivity index (χ0n) is 10.4. The van der Waals surface area contributed by atoms with Crippen molar-refractivity contribution in [1.29, 1.82) is 0 Å². The summed E-state index contributed by atoms with van der Waals surface area (Å²) in [7, 11) is 0. The summed E-state index contributed by atoms with van der Waals surface area (Å²) in [4.78, 5) is 0. The predicted octanol–water partition coefficient (Wildman–Crippen LogP) is 5.18. The molecule has 0 saturated carbocycles. The molecule has 20 heavy (non-hydrogen) atoms. The molecule has 106 valence electrons. The first-order chi connectivity index (χ1) is 9.38. The predicted molar refractivity (Wildman–Crippen MR) is 72.5 cm³/mol. The van der Waals surface area contributed by atoms with Crippen molar-refractivity contribution < 1.29 is 17.6 Å². The van der Waals surface area contributed by atoms with Crippen molar-refractivity contribution in [2.45, 2.75) is 13.0 Å². The molecule has 1 nitrogen and oxygen atoms in total. The average molecular weight is 348 g/mol. The first-order valence-electron chi connectivity index (χ1n) is 5.74. The van der Waals surface area contributed by atoms with E-state index in [4.69, 9.17) is 0 Å². The number of halogens is 5. The van der Waals surface area contributed by atoms with Crippen LogP contribution in [-0.4, -0.2) is 0 Å². The quantitative estimate of drug-likeness (QED) is 0.595. The van der Waals surface area contributed by atoms with Crippen molar-refractivity contribution >= 4 is 21.6 Å². The van der Waals surface area contributed by atoms with Crippen LogP contribution in [0.5, 0.6) is 0 Å². The van der Waals surface area contributed by atoms with Crippen molar-refractivity contribution in [3.05, 3.63) is 63.6 Å². The summed E-state index contributed by atoms with van der Waals surface area (Å²) >= 11 is 3.14. The van der Waals surface area contributed by atoms with Gasteiger partial charge < -0.3 is 5.32 Å². The summed E-state index contributed by atoms with van der Waals surface area (Å²) in [6, 6.07) is 5.61. The first-order valence-corrected chi connectivity index (χ1v) is 6.54. The second-order valence-electron chi connectivity index (χ2n) is 4.29. The Morgan fingerprint density at radius 3 is 2.10 bits per heavy atom. The van der Waals surface area contributed by atoms with Crippen LogP contribution in [0.15, 0.2) is 34.8 Å². The third kappa shape index (κ3) is 3.12. The van der Waals surface area contributed by atoms with Crippen LogP contribution >= 0.6 is 15.9 Å². The highest BCUT2D eigenvalue weighted by atomic mass is 79.9. The van der Waals surface area contributed by atoms with E-state index in [1.165, 1.54) is 6.07 Å². The van der Waals surface area contributed by atoms with Crippen LogP contribution in [0.1, 0.15) is 18.5 Å². The zero-order chi connectivity index (χ0) is 14.9. The molecule has 2 aromatic carbocycles. The molecule has 0 aliphatic carbocycles. The van der Waals surface area contributed by atoms with Gasteiger partial charge in [0.25, 0.3) is 0 Å². The number of hydrogen-bond acceptors (Lipinski definition) is 1. The fourth-order valence-corrected chi connectivity index (χ4v) is 2.15. The summed E-state index contributed by atoms with van der Waals surface area (Å²) in [5.41, 5.74) is 0.370. The van der Waals surface area contributed by atoms with E-state index < -0.39 is 29.3 Å². The van der Waals surface area contributed by atoms with E-state index in [2.05, 4.69) is 21.2 Å². The highest BCUT2D eigenvalue weighted by Gasteiger charge is 2.14. The molecule has 0 radical (unpaired) electrons. The Labute approximate surface area is 121 Å². The van der Waals surface area contributed by atoms with Crippen LogP contribution in [-0.2, 0) is 0 Å². The molecule has 0 bridgehead atoms. The third-order valence-corrected chi connectivity index (χ3v) is 3.29. The number of nitrogens with one attached hydrogen (secondary N) is 1. The van der Waals surface area contributed by atoms with E-state index in [-0.39, 0.29) is 5.69 Å². The molecule has 0 saturated heterocycles. The standard InChI is InChI=1S/C14H10BrF4N/c1-7(10-3-2-8(15)4-11(10)16)20-9-5-12(17)14(19)13(18)6-9/h2-7,20H,1H3. The van der Waals surface area contributed by atoms with Crippen molar-refractivity contribution in [2.75, 3.05) is 5.32 Å². The van der Waals surface area contributed by atoms with Gasteiger partial charge in [0.2, 0.25) is 0 Å². The van der Waals surface area contributed by atoms with Gasteiger partial charge in [-0.2, -0.15) is 0 Å². The molecule has 0 spiro atoms. The summed E-state index contributed by atoms with van der Waals surface area (Å²) in [6.45, 7) is 1.63. The van der Waals surface area contributed by atoms with Crippen LogP contribution in [0.4, 0.5) is 23.2 Å². The zero-order valence-corrected chi connectivity index (χ0v) is 11.9. The second kappa shape index (κ2) is 5.83. The average Bonchev–Trinajstić information content (AvgIpc) is 2.35. The van der Waals surface area contributed by atoms with Crippen LogP contribution < -0.4 is 5.32 Å². The lowest BCUT2D eigenvalue weighted by Gasteiger charge is -2.17. The van der Waals surface area contributed by atoms with Gasteiger partial charge in [0.15, 0.2) is 17.5 Å². The van der Waals surface area contributed by atoms with Crippen LogP contribution in [0, 0.1) is 23.3 Å². The SMILES string of the molecule is CC(Nc1cc(F)c(F)c(F)c1)c1ccc(Br)cc1F. The number of rotatable bonds is 3. The molecule has 0 amide bonds. The van der Waals surface area contributed by atoms with Crippen molar-refractivity contribution in [3.8, 4) is 0 Å². The molecule has 1 unspecified atom stereocenters. The fourth-order valence-electron chi connectivity index (χ4n) is 1.82. The smallest absolute Gasteiger partial charge is 0.194 e. The number of benzene rings is 2. The van der Waals surface area contributed by atoms with Gasteiger partial charge >= 0.3 is 0 Å². The van der Waals surface area contributed by atoms with E-state index in [0.29, 0.717) is 10.0 Å². The van der Waals surface area contributed by atoms with Crippen LogP contribution in [0.25, 0.3) is 0 Å². The van der Waals surface area contributed by atoms with Gasteiger partial charge in [-0.15, -0.1) is 0 Å². The Morgan fingerprint density at radius 1 is 0.950 bits per heavy atom. The van der Waals surface area contributed by atoms with Gasteiger partial charge in [-0.25, -0.2) is 17.6 Å². The normalized spacial score (nSPS) is 12.3. The lowest BCUT2D eigenvalue weighted by Crippen LogP contribution is -2.09. The largest absolute Gasteiger partial charge is 0.378 e. The Hall–Kier alpha value is -1.56. The maximum atomic E-state index is 13.7. The molecule has 0 aliphatic heterocycles. The van der Waals surface area contributed by atoms with Crippen molar-refractivity contribution in [2.24, 2.45) is 0 Å². The summed E-state index contributed by atoms with van der Waals surface area (Å²) in [5, 5.41) is 2.73. The molecule has 2 aromatic rings. The van der Waals surface area contributed by atoms with Gasteiger partial charge in [-0.05, 0) is 19.1 Å². The molecule has 0 aromatic heterocycles. The Bertz CT molecular complexity index is 622. The summed E-state index contributed by atoms with van der Waals surface area (Å²) < 4.78 is 53.4. The highest BCUT2D eigenvalue weighted by molar-refractivity contribution is 9.10. The van der Waals surface area contributed by atoms with Gasteiger partial charge in [0, 0.05) is 27.9 Å². The third-order valence-electron chi connectivity index (χ3n) is 2.80. The molecule has 0 aliphatic rings. The van der Waals surface area contributed by atoms with Gasteiger partial charge in [0.05, 0.1) is 6.04 Å².